The molecule has 8 aromatic carbocycles. The Morgan fingerprint density at radius 1 is 0.358 bits per heavy atom. The maximum Gasteiger partial charge on any atom is 0.164 e. The summed E-state index contributed by atoms with van der Waals surface area (Å²) >= 11 is 0. The molecular weight excluding hydrogens is 649 g/mol. The third kappa shape index (κ3) is 4.79. The Morgan fingerprint density at radius 2 is 1.04 bits per heavy atom. The van der Waals surface area contributed by atoms with Crippen molar-refractivity contribution in [1.29, 1.82) is 0 Å². The number of aromatic nitrogens is 4. The van der Waals surface area contributed by atoms with E-state index in [0.717, 1.165) is 76.8 Å². The summed E-state index contributed by atoms with van der Waals surface area (Å²) < 4.78 is 6.24. The van der Waals surface area contributed by atoms with Crippen molar-refractivity contribution in [1.82, 2.24) is 19.9 Å². The van der Waals surface area contributed by atoms with E-state index in [-0.39, 0.29) is 0 Å². The highest BCUT2D eigenvalue weighted by Gasteiger charge is 2.17. The molecule has 0 bridgehead atoms. The first-order chi connectivity index (χ1) is 26.2. The first-order valence-corrected chi connectivity index (χ1v) is 17.7. The Morgan fingerprint density at radius 3 is 1.92 bits per heavy atom. The van der Waals surface area contributed by atoms with Gasteiger partial charge >= 0.3 is 0 Å². The molecule has 53 heavy (non-hydrogen) atoms. The van der Waals surface area contributed by atoms with Gasteiger partial charge in [-0.15, -0.1) is 0 Å². The van der Waals surface area contributed by atoms with Crippen molar-refractivity contribution in [3.05, 3.63) is 170 Å². The van der Waals surface area contributed by atoms with Gasteiger partial charge in [0.25, 0.3) is 0 Å². The summed E-state index contributed by atoms with van der Waals surface area (Å²) in [6, 6.07) is 56.8. The van der Waals surface area contributed by atoms with Gasteiger partial charge in [-0.1, -0.05) is 127 Å². The number of hydrogen-bond donors (Lipinski definition) is 0. The zero-order chi connectivity index (χ0) is 34.9. The van der Waals surface area contributed by atoms with Gasteiger partial charge in [-0.25, -0.2) is 15.0 Å². The van der Waals surface area contributed by atoms with Crippen molar-refractivity contribution in [2.45, 2.75) is 0 Å². The first kappa shape index (κ1) is 29.5. The summed E-state index contributed by atoms with van der Waals surface area (Å²) in [4.78, 5) is 20.2. The van der Waals surface area contributed by atoms with Gasteiger partial charge in [-0.3, -0.25) is 4.98 Å². The van der Waals surface area contributed by atoms with Crippen LogP contribution in [0.25, 0.3) is 110 Å². The molecule has 246 valence electrons. The fraction of sp³-hybridized carbons (Fsp3) is 0. The highest BCUT2D eigenvalue weighted by atomic mass is 16.3. The molecule has 0 amide bonds. The van der Waals surface area contributed by atoms with E-state index in [1.54, 1.807) is 0 Å². The van der Waals surface area contributed by atoms with Crippen LogP contribution in [0.1, 0.15) is 0 Å². The molecule has 11 rings (SSSR count). The Labute approximate surface area is 303 Å². The summed E-state index contributed by atoms with van der Waals surface area (Å²) in [7, 11) is 0. The maximum absolute atomic E-state index is 6.24. The van der Waals surface area contributed by atoms with Gasteiger partial charge in [0.15, 0.2) is 17.5 Å². The van der Waals surface area contributed by atoms with E-state index < -0.39 is 0 Å². The summed E-state index contributed by atoms with van der Waals surface area (Å²) in [5, 5.41) is 10.2. The van der Waals surface area contributed by atoms with Crippen LogP contribution in [0, 0.1) is 0 Å². The van der Waals surface area contributed by atoms with Gasteiger partial charge in [0.1, 0.15) is 11.2 Å². The molecule has 0 fully saturated rings. The monoisotopic (exact) mass is 676 g/mol. The van der Waals surface area contributed by atoms with E-state index in [4.69, 9.17) is 24.4 Å². The largest absolute Gasteiger partial charge is 0.456 e. The van der Waals surface area contributed by atoms with Crippen molar-refractivity contribution in [2.75, 3.05) is 0 Å². The highest BCUT2D eigenvalue weighted by molar-refractivity contribution is 6.22. The van der Waals surface area contributed by atoms with Gasteiger partial charge in [0.2, 0.25) is 0 Å². The fourth-order valence-corrected chi connectivity index (χ4v) is 7.82. The number of benzene rings is 8. The van der Waals surface area contributed by atoms with Crippen LogP contribution in [-0.2, 0) is 0 Å². The molecule has 5 nitrogen and oxygen atoms in total. The van der Waals surface area contributed by atoms with Crippen molar-refractivity contribution in [3.8, 4) is 45.3 Å². The standard InChI is InChI=1S/C48H28N4O/c1-2-10-31(11-3-1)46-50-47(52-48(51-46)35-20-19-29-22-24-42-43(39(29)28-35)38-17-6-7-18-41(38)53-42)34-14-8-13-32(26-34)40-27-33-12-4-5-16-36(33)37-23-21-30-15-9-25-49-45(30)44(37)40/h1-28H. The number of rotatable bonds is 4. The number of nitrogens with zero attached hydrogens (tertiary/aromatic N) is 4. The minimum Gasteiger partial charge on any atom is -0.456 e. The summed E-state index contributed by atoms with van der Waals surface area (Å²) in [6.07, 6.45) is 1.88. The van der Waals surface area contributed by atoms with Crippen LogP contribution in [0.3, 0.4) is 0 Å². The van der Waals surface area contributed by atoms with Gasteiger partial charge < -0.3 is 4.42 Å². The average Bonchev–Trinajstić information content (AvgIpc) is 3.62. The smallest absolute Gasteiger partial charge is 0.164 e. The van der Waals surface area contributed by atoms with Crippen molar-refractivity contribution >= 4 is 65.2 Å². The van der Waals surface area contributed by atoms with Crippen molar-refractivity contribution < 1.29 is 4.42 Å². The molecule has 0 radical (unpaired) electrons. The fourth-order valence-electron chi connectivity index (χ4n) is 7.82. The minimum absolute atomic E-state index is 0.607. The van der Waals surface area contributed by atoms with E-state index in [0.29, 0.717) is 17.5 Å². The average molecular weight is 677 g/mol. The molecule has 0 unspecified atom stereocenters. The molecule has 5 heteroatoms. The van der Waals surface area contributed by atoms with Crippen LogP contribution in [0.15, 0.2) is 174 Å². The molecule has 0 aliphatic rings. The van der Waals surface area contributed by atoms with Crippen LogP contribution < -0.4 is 0 Å². The lowest BCUT2D eigenvalue weighted by Gasteiger charge is -2.14. The second kappa shape index (κ2) is 11.7. The molecule has 0 aliphatic carbocycles. The van der Waals surface area contributed by atoms with Crippen molar-refractivity contribution in [3.63, 3.8) is 0 Å². The molecular formula is C48H28N4O. The second-order valence-corrected chi connectivity index (χ2v) is 13.4. The highest BCUT2D eigenvalue weighted by Crippen LogP contribution is 2.40. The van der Waals surface area contributed by atoms with Crippen LogP contribution in [0.5, 0.6) is 0 Å². The number of para-hydroxylation sites is 1. The molecule has 0 spiro atoms. The molecule has 0 atom stereocenters. The molecule has 0 N–H and O–H groups in total. The molecule has 11 aromatic rings. The lowest BCUT2D eigenvalue weighted by molar-refractivity contribution is 0.669. The van der Waals surface area contributed by atoms with Gasteiger partial charge in [-0.05, 0) is 74.5 Å². The third-order valence-electron chi connectivity index (χ3n) is 10.3. The van der Waals surface area contributed by atoms with E-state index in [9.17, 15) is 0 Å². The molecule has 3 heterocycles. The Balaban J connectivity index is 1.13. The molecule has 0 aliphatic heterocycles. The van der Waals surface area contributed by atoms with E-state index in [1.165, 1.54) is 16.2 Å². The topological polar surface area (TPSA) is 64.7 Å². The van der Waals surface area contributed by atoms with Gasteiger partial charge in [0, 0.05) is 44.4 Å². The van der Waals surface area contributed by atoms with E-state index >= 15 is 0 Å². The molecule has 3 aromatic heterocycles. The lowest BCUT2D eigenvalue weighted by Crippen LogP contribution is -2.00. The van der Waals surface area contributed by atoms with Crippen LogP contribution >= 0.6 is 0 Å². The predicted molar refractivity (Wildman–Crippen MR) is 217 cm³/mol. The minimum atomic E-state index is 0.607. The van der Waals surface area contributed by atoms with E-state index in [2.05, 4.69) is 115 Å². The molecule has 0 saturated heterocycles. The Bertz CT molecular complexity index is 3240. The second-order valence-electron chi connectivity index (χ2n) is 13.4. The molecule has 0 saturated carbocycles. The van der Waals surface area contributed by atoms with Crippen molar-refractivity contribution in [2.24, 2.45) is 0 Å². The van der Waals surface area contributed by atoms with Crippen LogP contribution in [0.2, 0.25) is 0 Å². The summed E-state index contributed by atoms with van der Waals surface area (Å²) in [6.45, 7) is 0. The maximum atomic E-state index is 6.24. The zero-order valence-corrected chi connectivity index (χ0v) is 28.4. The normalized spacial score (nSPS) is 11.8. The van der Waals surface area contributed by atoms with Crippen LogP contribution in [0.4, 0.5) is 0 Å². The SMILES string of the molecule is c1ccc(-c2nc(-c3cccc(-c4cc5ccccc5c5ccc6cccnc6c45)c3)nc(-c3ccc4ccc5oc6ccccc6c5c4c3)n2)cc1. The zero-order valence-electron chi connectivity index (χ0n) is 28.4. The predicted octanol–water partition coefficient (Wildman–Crippen LogP) is 12.4. The number of fused-ring (bicyclic) bond motifs is 10. The number of hydrogen-bond acceptors (Lipinski definition) is 5. The number of pyridine rings is 1. The van der Waals surface area contributed by atoms with Crippen LogP contribution in [-0.4, -0.2) is 19.9 Å². The van der Waals surface area contributed by atoms with Gasteiger partial charge in [0.05, 0.1) is 5.52 Å². The quantitative estimate of drug-likeness (QED) is 0.174. The van der Waals surface area contributed by atoms with E-state index in [1.807, 2.05) is 54.7 Å². The third-order valence-corrected chi connectivity index (χ3v) is 10.3. The first-order valence-electron chi connectivity index (χ1n) is 17.7. The summed E-state index contributed by atoms with van der Waals surface area (Å²) in [5.41, 5.74) is 7.65. The Kier molecular flexibility index (Phi) is 6.48. The number of furan rings is 1. The van der Waals surface area contributed by atoms with Gasteiger partial charge in [-0.2, -0.15) is 0 Å². The summed E-state index contributed by atoms with van der Waals surface area (Å²) in [5.74, 6) is 1.84. The lowest BCUT2D eigenvalue weighted by atomic mass is 9.91. The Hall–Kier alpha value is -7.24.